The summed E-state index contributed by atoms with van der Waals surface area (Å²) in [7, 11) is 0. The summed E-state index contributed by atoms with van der Waals surface area (Å²) in [6.07, 6.45) is 6.12. The summed E-state index contributed by atoms with van der Waals surface area (Å²) in [5.41, 5.74) is 1.33. The maximum atomic E-state index is 8.85. The molecular formula is C10H14O2. The van der Waals surface area contributed by atoms with Crippen molar-refractivity contribution in [2.24, 2.45) is 0 Å². The van der Waals surface area contributed by atoms with Crippen molar-refractivity contribution in [1.82, 2.24) is 0 Å². The van der Waals surface area contributed by atoms with Crippen LogP contribution in [0.25, 0.3) is 0 Å². The quantitative estimate of drug-likeness (QED) is 0.729. The minimum absolute atomic E-state index is 0.287. The largest absolute Gasteiger partial charge is 0.469 e. The Morgan fingerprint density at radius 3 is 3.33 bits per heavy atom. The van der Waals surface area contributed by atoms with Gasteiger partial charge in [0.15, 0.2) is 0 Å². The third kappa shape index (κ3) is 1.27. The van der Waals surface area contributed by atoms with Crippen LogP contribution >= 0.6 is 0 Å². The lowest BCUT2D eigenvalue weighted by Gasteiger charge is -2.20. The van der Waals surface area contributed by atoms with Crippen LogP contribution in [0.5, 0.6) is 0 Å². The highest BCUT2D eigenvalue weighted by molar-refractivity contribution is 5.24. The van der Waals surface area contributed by atoms with E-state index in [1.54, 1.807) is 6.26 Å². The van der Waals surface area contributed by atoms with Crippen molar-refractivity contribution >= 4 is 0 Å². The Hall–Kier alpha value is -0.760. The summed E-state index contributed by atoms with van der Waals surface area (Å²) < 4.78 is 5.35. The standard InChI is InChI=1S/C10H14O2/c11-6-4-8-2-1-3-10-9(8)5-7-12-10/h5,7-8,11H,1-4,6H2. The first-order valence-corrected chi connectivity index (χ1v) is 4.59. The lowest BCUT2D eigenvalue weighted by atomic mass is 9.85. The summed E-state index contributed by atoms with van der Waals surface area (Å²) >= 11 is 0. The molecule has 0 aromatic carbocycles. The van der Waals surface area contributed by atoms with Gasteiger partial charge in [-0.3, -0.25) is 0 Å². The highest BCUT2D eigenvalue weighted by Gasteiger charge is 2.21. The molecule has 0 saturated heterocycles. The minimum atomic E-state index is 0.287. The van der Waals surface area contributed by atoms with Gasteiger partial charge in [0.2, 0.25) is 0 Å². The van der Waals surface area contributed by atoms with Gasteiger partial charge in [0.1, 0.15) is 5.76 Å². The average Bonchev–Trinajstić information content (AvgIpc) is 2.53. The van der Waals surface area contributed by atoms with Gasteiger partial charge in [0.05, 0.1) is 6.26 Å². The highest BCUT2D eigenvalue weighted by atomic mass is 16.3. The van der Waals surface area contributed by atoms with E-state index < -0.39 is 0 Å². The second-order valence-corrected chi connectivity index (χ2v) is 3.40. The monoisotopic (exact) mass is 166 g/mol. The fourth-order valence-corrected chi connectivity index (χ4v) is 2.04. The molecule has 1 atom stereocenters. The summed E-state index contributed by atoms with van der Waals surface area (Å²) in [4.78, 5) is 0. The fraction of sp³-hybridized carbons (Fsp3) is 0.600. The van der Waals surface area contributed by atoms with Gasteiger partial charge >= 0.3 is 0 Å². The summed E-state index contributed by atoms with van der Waals surface area (Å²) in [6.45, 7) is 0.287. The molecule has 1 N–H and O–H groups in total. The van der Waals surface area contributed by atoms with Crippen LogP contribution in [0.2, 0.25) is 0 Å². The molecule has 1 unspecified atom stereocenters. The molecule has 1 aliphatic carbocycles. The Kier molecular flexibility index (Phi) is 2.17. The Morgan fingerprint density at radius 2 is 2.50 bits per heavy atom. The summed E-state index contributed by atoms with van der Waals surface area (Å²) in [6, 6.07) is 2.05. The highest BCUT2D eigenvalue weighted by Crippen LogP contribution is 2.34. The van der Waals surface area contributed by atoms with Gasteiger partial charge in [-0.2, -0.15) is 0 Å². The molecule has 0 bridgehead atoms. The molecule has 1 heterocycles. The van der Waals surface area contributed by atoms with Crippen molar-refractivity contribution < 1.29 is 9.52 Å². The second kappa shape index (κ2) is 3.31. The molecule has 1 aliphatic rings. The number of hydrogen-bond donors (Lipinski definition) is 1. The van der Waals surface area contributed by atoms with Gasteiger partial charge in [0, 0.05) is 13.0 Å². The van der Waals surface area contributed by atoms with Crippen LogP contribution in [-0.4, -0.2) is 11.7 Å². The van der Waals surface area contributed by atoms with Crippen molar-refractivity contribution in [1.29, 1.82) is 0 Å². The van der Waals surface area contributed by atoms with Crippen LogP contribution in [0.15, 0.2) is 16.7 Å². The van der Waals surface area contributed by atoms with E-state index in [4.69, 9.17) is 9.52 Å². The van der Waals surface area contributed by atoms with Crippen molar-refractivity contribution in [3.8, 4) is 0 Å². The number of hydrogen-bond acceptors (Lipinski definition) is 2. The molecule has 2 nitrogen and oxygen atoms in total. The van der Waals surface area contributed by atoms with Gasteiger partial charge in [-0.25, -0.2) is 0 Å². The van der Waals surface area contributed by atoms with Gasteiger partial charge in [-0.1, -0.05) is 0 Å². The lowest BCUT2D eigenvalue weighted by Crippen LogP contribution is -2.08. The maximum absolute atomic E-state index is 8.85. The van der Waals surface area contributed by atoms with Crippen LogP contribution in [-0.2, 0) is 6.42 Å². The van der Waals surface area contributed by atoms with Gasteiger partial charge < -0.3 is 9.52 Å². The first-order chi connectivity index (χ1) is 5.92. The molecule has 66 valence electrons. The first kappa shape index (κ1) is 7.87. The first-order valence-electron chi connectivity index (χ1n) is 4.59. The normalized spacial score (nSPS) is 22.2. The van der Waals surface area contributed by atoms with Crippen LogP contribution in [0, 0.1) is 0 Å². The molecule has 0 amide bonds. The van der Waals surface area contributed by atoms with Gasteiger partial charge in [0.25, 0.3) is 0 Å². The van der Waals surface area contributed by atoms with Gasteiger partial charge in [-0.15, -0.1) is 0 Å². The smallest absolute Gasteiger partial charge is 0.107 e. The summed E-state index contributed by atoms with van der Waals surface area (Å²) in [5.74, 6) is 1.68. The zero-order chi connectivity index (χ0) is 8.39. The Labute approximate surface area is 72.2 Å². The molecular weight excluding hydrogens is 152 g/mol. The maximum Gasteiger partial charge on any atom is 0.107 e. The van der Waals surface area contributed by atoms with E-state index in [2.05, 4.69) is 6.07 Å². The van der Waals surface area contributed by atoms with Crippen molar-refractivity contribution in [2.75, 3.05) is 6.61 Å². The van der Waals surface area contributed by atoms with Crippen LogP contribution in [0.4, 0.5) is 0 Å². The van der Waals surface area contributed by atoms with Crippen molar-refractivity contribution in [3.05, 3.63) is 23.7 Å². The lowest BCUT2D eigenvalue weighted by molar-refractivity contribution is 0.267. The molecule has 1 aromatic rings. The topological polar surface area (TPSA) is 33.4 Å². The molecule has 0 fully saturated rings. The Morgan fingerprint density at radius 1 is 1.58 bits per heavy atom. The number of fused-ring (bicyclic) bond motifs is 1. The number of aliphatic hydroxyl groups is 1. The fourth-order valence-electron chi connectivity index (χ4n) is 2.04. The molecule has 0 aliphatic heterocycles. The third-order valence-corrected chi connectivity index (χ3v) is 2.65. The third-order valence-electron chi connectivity index (χ3n) is 2.65. The number of aryl methyl sites for hydroxylation is 1. The SMILES string of the molecule is OCCC1CCCc2occc21. The predicted molar refractivity (Wildman–Crippen MR) is 46.1 cm³/mol. The molecule has 0 radical (unpaired) electrons. The van der Waals surface area contributed by atoms with E-state index >= 15 is 0 Å². The second-order valence-electron chi connectivity index (χ2n) is 3.40. The molecule has 1 aromatic heterocycles. The summed E-state index contributed by atoms with van der Waals surface area (Å²) in [5, 5.41) is 8.85. The van der Waals surface area contributed by atoms with Crippen LogP contribution in [0.1, 0.15) is 36.5 Å². The zero-order valence-electron chi connectivity index (χ0n) is 7.12. The van der Waals surface area contributed by atoms with E-state index in [-0.39, 0.29) is 6.61 Å². The van der Waals surface area contributed by atoms with Crippen LogP contribution in [0.3, 0.4) is 0 Å². The molecule has 12 heavy (non-hydrogen) atoms. The number of aliphatic hydroxyl groups excluding tert-OH is 1. The Balaban J connectivity index is 2.19. The van der Waals surface area contributed by atoms with E-state index in [0.29, 0.717) is 5.92 Å². The Bertz CT molecular complexity index is 252. The number of furan rings is 1. The van der Waals surface area contributed by atoms with E-state index in [9.17, 15) is 0 Å². The number of rotatable bonds is 2. The molecule has 2 heteroatoms. The van der Waals surface area contributed by atoms with Crippen molar-refractivity contribution in [3.63, 3.8) is 0 Å². The van der Waals surface area contributed by atoms with Gasteiger partial charge in [-0.05, 0) is 36.8 Å². The minimum Gasteiger partial charge on any atom is -0.469 e. The van der Waals surface area contributed by atoms with E-state index in [1.165, 1.54) is 18.4 Å². The van der Waals surface area contributed by atoms with Crippen LogP contribution < -0.4 is 0 Å². The van der Waals surface area contributed by atoms with Crippen molar-refractivity contribution in [2.45, 2.75) is 31.6 Å². The molecule has 2 rings (SSSR count). The van der Waals surface area contributed by atoms with E-state index in [0.717, 1.165) is 18.6 Å². The average molecular weight is 166 g/mol. The molecule has 0 saturated carbocycles. The van der Waals surface area contributed by atoms with E-state index in [1.807, 2.05) is 0 Å². The predicted octanol–water partition coefficient (Wildman–Crippen LogP) is 2.08. The zero-order valence-corrected chi connectivity index (χ0v) is 7.12. The molecule has 0 spiro atoms.